The molecule has 0 saturated heterocycles. The third kappa shape index (κ3) is 3.83. The summed E-state index contributed by atoms with van der Waals surface area (Å²) in [5.41, 5.74) is 1.17. The van der Waals surface area contributed by atoms with Crippen LogP contribution in [0.15, 0.2) is 48.1 Å². The standard InChI is InChI=1S/C16H18N4O3S2/c1-12(20(25(2,22)23)14-6-4-3-5-7-14)15(21)17-10-13-11-19-8-9-24-16(19)18-13/h3-9,11-12H,10H2,1-2H3,(H,17,21). The molecular weight excluding hydrogens is 360 g/mol. The summed E-state index contributed by atoms with van der Waals surface area (Å²) in [6, 6.07) is 7.70. The summed E-state index contributed by atoms with van der Waals surface area (Å²) in [5.74, 6) is -0.384. The van der Waals surface area contributed by atoms with Crippen LogP contribution in [0.3, 0.4) is 0 Å². The minimum absolute atomic E-state index is 0.240. The number of rotatable bonds is 6. The van der Waals surface area contributed by atoms with Gasteiger partial charge in [-0.05, 0) is 19.1 Å². The van der Waals surface area contributed by atoms with Crippen LogP contribution in [-0.4, -0.2) is 36.0 Å². The lowest BCUT2D eigenvalue weighted by atomic mass is 10.2. The van der Waals surface area contributed by atoms with Gasteiger partial charge in [-0.2, -0.15) is 0 Å². The van der Waals surface area contributed by atoms with E-state index in [2.05, 4.69) is 10.3 Å². The molecule has 25 heavy (non-hydrogen) atoms. The van der Waals surface area contributed by atoms with Gasteiger partial charge in [-0.25, -0.2) is 13.4 Å². The Morgan fingerprint density at radius 2 is 2.08 bits per heavy atom. The predicted molar refractivity (Wildman–Crippen MR) is 98.1 cm³/mol. The van der Waals surface area contributed by atoms with Gasteiger partial charge >= 0.3 is 0 Å². The summed E-state index contributed by atoms with van der Waals surface area (Å²) >= 11 is 1.51. The Bertz CT molecular complexity index is 951. The van der Waals surface area contributed by atoms with Crippen molar-refractivity contribution in [3.63, 3.8) is 0 Å². The van der Waals surface area contributed by atoms with Crippen LogP contribution in [0.1, 0.15) is 12.6 Å². The molecule has 0 radical (unpaired) electrons. The van der Waals surface area contributed by atoms with Crippen molar-refractivity contribution in [2.75, 3.05) is 10.6 Å². The minimum Gasteiger partial charge on any atom is -0.349 e. The molecule has 0 bridgehead atoms. The topological polar surface area (TPSA) is 83.8 Å². The van der Waals surface area contributed by atoms with Crippen LogP contribution >= 0.6 is 11.3 Å². The van der Waals surface area contributed by atoms with Crippen LogP contribution in [0.25, 0.3) is 4.96 Å². The van der Waals surface area contributed by atoms with Crippen LogP contribution in [0.4, 0.5) is 5.69 Å². The lowest BCUT2D eigenvalue weighted by Gasteiger charge is -2.28. The largest absolute Gasteiger partial charge is 0.349 e. The van der Waals surface area contributed by atoms with Gasteiger partial charge in [0.05, 0.1) is 24.2 Å². The smallest absolute Gasteiger partial charge is 0.243 e. The van der Waals surface area contributed by atoms with E-state index in [1.54, 1.807) is 37.3 Å². The van der Waals surface area contributed by atoms with Crippen molar-refractivity contribution in [1.29, 1.82) is 0 Å². The molecule has 132 valence electrons. The average molecular weight is 378 g/mol. The molecule has 1 atom stereocenters. The first-order valence-electron chi connectivity index (χ1n) is 7.59. The molecule has 0 aliphatic heterocycles. The van der Waals surface area contributed by atoms with Gasteiger partial charge in [0.2, 0.25) is 15.9 Å². The number of benzene rings is 1. The van der Waals surface area contributed by atoms with Gasteiger partial charge in [0.15, 0.2) is 4.96 Å². The van der Waals surface area contributed by atoms with Crippen molar-refractivity contribution in [3.8, 4) is 0 Å². The number of aromatic nitrogens is 2. The molecule has 3 aromatic rings. The number of carbonyl (C=O) groups is 1. The highest BCUT2D eigenvalue weighted by atomic mass is 32.2. The maximum absolute atomic E-state index is 12.5. The van der Waals surface area contributed by atoms with Crippen molar-refractivity contribution in [1.82, 2.24) is 14.7 Å². The number of thiazole rings is 1. The van der Waals surface area contributed by atoms with Crippen molar-refractivity contribution in [2.24, 2.45) is 0 Å². The Kier molecular flexibility index (Phi) is 4.78. The molecule has 7 nitrogen and oxygen atoms in total. The summed E-state index contributed by atoms with van der Waals surface area (Å²) in [5, 5.41) is 4.68. The molecule has 3 rings (SSSR count). The van der Waals surface area contributed by atoms with Crippen LogP contribution < -0.4 is 9.62 Å². The molecule has 1 amide bonds. The number of fused-ring (bicyclic) bond motifs is 1. The summed E-state index contributed by atoms with van der Waals surface area (Å²) in [6.07, 6.45) is 4.82. The number of para-hydroxylation sites is 1. The van der Waals surface area contributed by atoms with Gasteiger partial charge in [0, 0.05) is 17.8 Å². The Balaban J connectivity index is 1.74. The van der Waals surface area contributed by atoms with Crippen molar-refractivity contribution in [2.45, 2.75) is 19.5 Å². The van der Waals surface area contributed by atoms with Gasteiger partial charge in [-0.3, -0.25) is 13.5 Å². The number of carbonyl (C=O) groups excluding carboxylic acids is 1. The van der Waals surface area contributed by atoms with Gasteiger partial charge in [0.25, 0.3) is 0 Å². The second-order valence-electron chi connectivity index (χ2n) is 5.61. The Morgan fingerprint density at radius 1 is 1.36 bits per heavy atom. The number of hydrogen-bond acceptors (Lipinski definition) is 5. The molecule has 0 spiro atoms. The molecule has 0 aliphatic carbocycles. The molecule has 1 unspecified atom stereocenters. The number of nitrogens with zero attached hydrogens (tertiary/aromatic N) is 3. The molecule has 1 aromatic carbocycles. The van der Waals surface area contributed by atoms with Crippen molar-refractivity contribution >= 4 is 37.9 Å². The molecule has 2 heterocycles. The first-order valence-corrected chi connectivity index (χ1v) is 10.3. The summed E-state index contributed by atoms with van der Waals surface area (Å²) in [4.78, 5) is 17.7. The predicted octanol–water partition coefficient (Wildman–Crippen LogP) is 1.87. The first kappa shape index (κ1) is 17.4. The Hall–Kier alpha value is -2.39. The quantitative estimate of drug-likeness (QED) is 0.710. The Morgan fingerprint density at radius 3 is 2.72 bits per heavy atom. The number of anilines is 1. The summed E-state index contributed by atoms with van der Waals surface area (Å²) in [6.45, 7) is 1.80. The van der Waals surface area contributed by atoms with Crippen LogP contribution in [0, 0.1) is 0 Å². The highest BCUT2D eigenvalue weighted by Crippen LogP contribution is 2.20. The van der Waals surface area contributed by atoms with Gasteiger partial charge in [-0.15, -0.1) is 11.3 Å². The van der Waals surface area contributed by atoms with Crippen molar-refractivity contribution in [3.05, 3.63) is 53.8 Å². The number of imidazole rings is 1. The molecule has 0 aliphatic rings. The molecule has 9 heteroatoms. The zero-order valence-electron chi connectivity index (χ0n) is 13.8. The minimum atomic E-state index is -3.60. The third-order valence-electron chi connectivity index (χ3n) is 3.69. The summed E-state index contributed by atoms with van der Waals surface area (Å²) < 4.78 is 27.3. The van der Waals surface area contributed by atoms with E-state index in [1.165, 1.54) is 11.3 Å². The fourth-order valence-corrected chi connectivity index (χ4v) is 4.46. The van der Waals surface area contributed by atoms with Crippen LogP contribution in [0.2, 0.25) is 0 Å². The highest BCUT2D eigenvalue weighted by Gasteiger charge is 2.28. The lowest BCUT2D eigenvalue weighted by molar-refractivity contribution is -0.122. The fourth-order valence-electron chi connectivity index (χ4n) is 2.57. The monoisotopic (exact) mass is 378 g/mol. The number of sulfonamides is 1. The second-order valence-corrected chi connectivity index (χ2v) is 8.35. The molecular formula is C16H18N4O3S2. The second kappa shape index (κ2) is 6.85. The van der Waals surface area contributed by atoms with E-state index in [0.717, 1.165) is 21.2 Å². The van der Waals surface area contributed by atoms with E-state index in [1.807, 2.05) is 22.2 Å². The molecule has 2 aromatic heterocycles. The number of hydrogen-bond donors (Lipinski definition) is 1. The zero-order valence-corrected chi connectivity index (χ0v) is 15.4. The molecule has 1 N–H and O–H groups in total. The maximum atomic E-state index is 12.5. The first-order chi connectivity index (χ1) is 11.9. The molecule has 0 saturated carbocycles. The third-order valence-corrected chi connectivity index (χ3v) is 5.70. The van der Waals surface area contributed by atoms with Crippen molar-refractivity contribution < 1.29 is 13.2 Å². The van der Waals surface area contributed by atoms with Gasteiger partial charge < -0.3 is 5.32 Å². The highest BCUT2D eigenvalue weighted by molar-refractivity contribution is 7.92. The van der Waals surface area contributed by atoms with E-state index in [-0.39, 0.29) is 12.5 Å². The van der Waals surface area contributed by atoms with E-state index in [9.17, 15) is 13.2 Å². The Labute approximate surface area is 150 Å². The normalized spacial score (nSPS) is 12.9. The SMILES string of the molecule is CC(C(=O)NCc1cn2ccsc2n1)N(c1ccccc1)S(C)(=O)=O. The fraction of sp³-hybridized carbons (Fsp3) is 0.250. The van der Waals surface area contributed by atoms with Crippen LogP contribution in [0.5, 0.6) is 0 Å². The number of amides is 1. The average Bonchev–Trinajstić information content (AvgIpc) is 3.13. The molecule has 0 fully saturated rings. The van der Waals surface area contributed by atoms with Crippen LogP contribution in [-0.2, 0) is 21.4 Å². The van der Waals surface area contributed by atoms with E-state index < -0.39 is 16.1 Å². The maximum Gasteiger partial charge on any atom is 0.243 e. The zero-order chi connectivity index (χ0) is 18.0. The van der Waals surface area contributed by atoms with E-state index in [4.69, 9.17) is 0 Å². The lowest BCUT2D eigenvalue weighted by Crippen LogP contribution is -2.47. The van der Waals surface area contributed by atoms with Gasteiger partial charge in [0.1, 0.15) is 6.04 Å². The summed E-state index contributed by atoms with van der Waals surface area (Å²) in [7, 11) is -3.60. The number of nitrogens with one attached hydrogen (secondary N) is 1. The van der Waals surface area contributed by atoms with E-state index in [0.29, 0.717) is 5.69 Å². The van der Waals surface area contributed by atoms with E-state index >= 15 is 0 Å². The van der Waals surface area contributed by atoms with Gasteiger partial charge in [-0.1, -0.05) is 18.2 Å².